The summed E-state index contributed by atoms with van der Waals surface area (Å²) in [6.07, 6.45) is 1.11. The van der Waals surface area contributed by atoms with Gasteiger partial charge in [0.05, 0.1) is 0 Å². The monoisotopic (exact) mass is 172 g/mol. The van der Waals surface area contributed by atoms with Gasteiger partial charge in [-0.05, 0) is 24.5 Å². The van der Waals surface area contributed by atoms with E-state index in [2.05, 4.69) is 50.4 Å². The molecule has 0 aromatic heterocycles. The highest BCUT2D eigenvalue weighted by molar-refractivity contribution is 5.27. The minimum absolute atomic E-state index is 0.485. The van der Waals surface area contributed by atoms with Gasteiger partial charge in [-0.1, -0.05) is 43.8 Å². The van der Waals surface area contributed by atoms with Crippen LogP contribution in [0, 0.1) is 0 Å². The van der Waals surface area contributed by atoms with Crippen molar-refractivity contribution >= 4 is 0 Å². The largest absolute Gasteiger partial charge is 0.129 e. The van der Waals surface area contributed by atoms with Crippen LogP contribution in [0.1, 0.15) is 31.7 Å². The molecular weight excluding hydrogens is 156 g/mol. The van der Waals surface area contributed by atoms with Gasteiger partial charge in [0, 0.05) is 5.92 Å². The standard InChI is InChI=1S/C13H16/c1-4-11(3)13(5-2)12-9-7-6-8-10-12/h6-10,13H,1,5H2,2-3H3/t13-/m1/s1. The summed E-state index contributed by atoms with van der Waals surface area (Å²) in [5.74, 6) is 0.485. The normalized spacial score (nSPS) is 11.8. The first-order chi connectivity index (χ1) is 6.29. The first-order valence-electron chi connectivity index (χ1n) is 4.71. The molecule has 0 aliphatic heterocycles. The van der Waals surface area contributed by atoms with Crippen LogP contribution >= 0.6 is 0 Å². The van der Waals surface area contributed by atoms with E-state index < -0.39 is 0 Å². The Balaban J connectivity index is 2.98. The van der Waals surface area contributed by atoms with Crippen LogP contribution in [0.2, 0.25) is 0 Å². The van der Waals surface area contributed by atoms with E-state index in [9.17, 15) is 0 Å². The van der Waals surface area contributed by atoms with Crippen LogP contribution in [0.15, 0.2) is 48.2 Å². The maximum Gasteiger partial charge on any atom is 0.0118 e. The molecule has 0 heterocycles. The summed E-state index contributed by atoms with van der Waals surface area (Å²) >= 11 is 0. The molecule has 0 N–H and O–H groups in total. The molecule has 0 saturated heterocycles. The van der Waals surface area contributed by atoms with E-state index in [0.29, 0.717) is 5.92 Å². The summed E-state index contributed by atoms with van der Waals surface area (Å²) in [4.78, 5) is 0. The zero-order chi connectivity index (χ0) is 9.68. The zero-order valence-corrected chi connectivity index (χ0v) is 8.38. The molecule has 1 aromatic rings. The van der Waals surface area contributed by atoms with Gasteiger partial charge in [-0.2, -0.15) is 0 Å². The molecule has 0 saturated carbocycles. The lowest BCUT2D eigenvalue weighted by atomic mass is 9.90. The first kappa shape index (κ1) is 9.83. The first-order valence-corrected chi connectivity index (χ1v) is 4.71. The third-order valence-electron chi connectivity index (χ3n) is 2.41. The van der Waals surface area contributed by atoms with Crippen molar-refractivity contribution in [3.63, 3.8) is 0 Å². The summed E-state index contributed by atoms with van der Waals surface area (Å²) < 4.78 is 0. The molecule has 0 radical (unpaired) electrons. The predicted octanol–water partition coefficient (Wildman–Crippen LogP) is 3.91. The third kappa shape index (κ3) is 2.34. The van der Waals surface area contributed by atoms with Crippen molar-refractivity contribution in [2.24, 2.45) is 0 Å². The summed E-state index contributed by atoms with van der Waals surface area (Å²) in [6.45, 7) is 7.98. The SMILES string of the molecule is C=C=C(C)[C@@H](CC)c1ccccc1. The van der Waals surface area contributed by atoms with E-state index in [1.54, 1.807) is 0 Å². The van der Waals surface area contributed by atoms with Gasteiger partial charge in [-0.25, -0.2) is 0 Å². The molecule has 13 heavy (non-hydrogen) atoms. The Morgan fingerprint density at radius 1 is 1.38 bits per heavy atom. The van der Waals surface area contributed by atoms with Crippen molar-refractivity contribution in [3.8, 4) is 0 Å². The van der Waals surface area contributed by atoms with E-state index in [0.717, 1.165) is 6.42 Å². The molecule has 0 fully saturated rings. The lowest BCUT2D eigenvalue weighted by Crippen LogP contribution is -1.97. The molecule has 0 bridgehead atoms. The second-order valence-corrected chi connectivity index (χ2v) is 3.23. The van der Waals surface area contributed by atoms with E-state index in [4.69, 9.17) is 0 Å². The molecule has 0 aliphatic carbocycles. The average Bonchev–Trinajstić information content (AvgIpc) is 2.20. The highest BCUT2D eigenvalue weighted by atomic mass is 14.1. The van der Waals surface area contributed by atoms with Crippen molar-refractivity contribution in [2.75, 3.05) is 0 Å². The van der Waals surface area contributed by atoms with Crippen molar-refractivity contribution < 1.29 is 0 Å². The smallest absolute Gasteiger partial charge is 0.0118 e. The molecule has 0 spiro atoms. The Morgan fingerprint density at radius 2 is 2.00 bits per heavy atom. The Kier molecular flexibility index (Phi) is 3.54. The van der Waals surface area contributed by atoms with Crippen LogP contribution in [0.5, 0.6) is 0 Å². The van der Waals surface area contributed by atoms with Crippen molar-refractivity contribution in [2.45, 2.75) is 26.2 Å². The van der Waals surface area contributed by atoms with E-state index >= 15 is 0 Å². The van der Waals surface area contributed by atoms with E-state index in [-0.39, 0.29) is 0 Å². The molecule has 1 rings (SSSR count). The van der Waals surface area contributed by atoms with Crippen LogP contribution in [0.3, 0.4) is 0 Å². The maximum atomic E-state index is 3.69. The van der Waals surface area contributed by atoms with Crippen LogP contribution in [-0.2, 0) is 0 Å². The second-order valence-electron chi connectivity index (χ2n) is 3.23. The molecule has 0 aliphatic rings. The highest BCUT2D eigenvalue weighted by Gasteiger charge is 2.09. The Hall–Kier alpha value is -1.26. The van der Waals surface area contributed by atoms with Gasteiger partial charge < -0.3 is 0 Å². The van der Waals surface area contributed by atoms with Gasteiger partial charge in [0.2, 0.25) is 0 Å². The molecule has 0 heteroatoms. The van der Waals surface area contributed by atoms with Crippen molar-refractivity contribution in [3.05, 3.63) is 53.8 Å². The predicted molar refractivity (Wildman–Crippen MR) is 57.8 cm³/mol. The van der Waals surface area contributed by atoms with Crippen LogP contribution < -0.4 is 0 Å². The summed E-state index contributed by atoms with van der Waals surface area (Å²) in [7, 11) is 0. The summed E-state index contributed by atoms with van der Waals surface area (Å²) in [6, 6.07) is 10.5. The van der Waals surface area contributed by atoms with Gasteiger partial charge >= 0.3 is 0 Å². The summed E-state index contributed by atoms with van der Waals surface area (Å²) in [5.41, 5.74) is 5.57. The van der Waals surface area contributed by atoms with Gasteiger partial charge in [-0.3, -0.25) is 0 Å². The number of hydrogen-bond acceptors (Lipinski definition) is 0. The minimum atomic E-state index is 0.485. The van der Waals surface area contributed by atoms with Crippen LogP contribution in [0.4, 0.5) is 0 Å². The lowest BCUT2D eigenvalue weighted by molar-refractivity contribution is 0.761. The second kappa shape index (κ2) is 4.69. The molecule has 1 aromatic carbocycles. The van der Waals surface area contributed by atoms with Gasteiger partial charge in [0.15, 0.2) is 0 Å². The topological polar surface area (TPSA) is 0 Å². The van der Waals surface area contributed by atoms with Crippen LogP contribution in [0.25, 0.3) is 0 Å². The lowest BCUT2D eigenvalue weighted by Gasteiger charge is -2.14. The molecule has 1 atom stereocenters. The third-order valence-corrected chi connectivity index (χ3v) is 2.41. The quantitative estimate of drug-likeness (QED) is 0.606. The fraction of sp³-hybridized carbons (Fsp3) is 0.308. The molecular formula is C13H16. The van der Waals surface area contributed by atoms with E-state index in [1.807, 2.05) is 6.07 Å². The molecule has 0 amide bonds. The fourth-order valence-electron chi connectivity index (χ4n) is 1.60. The number of rotatable bonds is 3. The average molecular weight is 172 g/mol. The maximum absolute atomic E-state index is 3.69. The minimum Gasteiger partial charge on any atom is -0.129 e. The van der Waals surface area contributed by atoms with Crippen molar-refractivity contribution in [1.82, 2.24) is 0 Å². The molecule has 68 valence electrons. The molecule has 0 nitrogen and oxygen atoms in total. The zero-order valence-electron chi connectivity index (χ0n) is 8.38. The Bertz CT molecular complexity index is 302. The number of allylic oxidation sites excluding steroid dienone is 1. The van der Waals surface area contributed by atoms with Gasteiger partial charge in [0.25, 0.3) is 0 Å². The Labute approximate surface area is 80.6 Å². The van der Waals surface area contributed by atoms with Crippen LogP contribution in [-0.4, -0.2) is 0 Å². The fourth-order valence-corrected chi connectivity index (χ4v) is 1.60. The number of hydrogen-bond donors (Lipinski definition) is 0. The molecule has 0 unspecified atom stereocenters. The Morgan fingerprint density at radius 3 is 2.46 bits per heavy atom. The highest BCUT2D eigenvalue weighted by Crippen LogP contribution is 2.25. The van der Waals surface area contributed by atoms with Crippen molar-refractivity contribution in [1.29, 1.82) is 0 Å². The number of benzene rings is 1. The van der Waals surface area contributed by atoms with E-state index in [1.165, 1.54) is 11.1 Å². The van der Waals surface area contributed by atoms with Gasteiger partial charge in [0.1, 0.15) is 0 Å². The van der Waals surface area contributed by atoms with Gasteiger partial charge in [-0.15, -0.1) is 5.73 Å². The summed E-state index contributed by atoms with van der Waals surface area (Å²) in [5, 5.41) is 0.